The summed E-state index contributed by atoms with van der Waals surface area (Å²) in [5.74, 6) is 0.103. The quantitative estimate of drug-likeness (QED) is 0.605. The van der Waals surface area contributed by atoms with Crippen molar-refractivity contribution < 1.29 is 18.5 Å². The number of halogens is 1. The van der Waals surface area contributed by atoms with E-state index >= 15 is 0 Å². The molecule has 0 unspecified atom stereocenters. The predicted octanol–water partition coefficient (Wildman–Crippen LogP) is 2.58. The molecular weight excluding hydrogens is 401 g/mol. The lowest BCUT2D eigenvalue weighted by molar-refractivity contribution is -0.132. The van der Waals surface area contributed by atoms with Crippen molar-refractivity contribution in [2.24, 2.45) is 0 Å². The van der Waals surface area contributed by atoms with Crippen LogP contribution in [0.15, 0.2) is 53.3 Å². The predicted molar refractivity (Wildman–Crippen MR) is 109 cm³/mol. The van der Waals surface area contributed by atoms with E-state index in [1.54, 1.807) is 40.4 Å². The normalized spacial score (nSPS) is 14.0. The van der Waals surface area contributed by atoms with E-state index in [0.717, 1.165) is 5.56 Å². The third-order valence-electron chi connectivity index (χ3n) is 5.19. The molecule has 0 bridgehead atoms. The molecule has 0 atom stereocenters. The van der Waals surface area contributed by atoms with Crippen molar-refractivity contribution in [3.63, 3.8) is 0 Å². The minimum Gasteiger partial charge on any atom is -0.339 e. The van der Waals surface area contributed by atoms with Crippen LogP contribution in [-0.4, -0.2) is 62.9 Å². The maximum atomic E-state index is 13.8. The lowest BCUT2D eigenvalue weighted by Crippen LogP contribution is -2.50. The molecule has 0 aliphatic carbocycles. The molecule has 3 aromatic rings. The highest BCUT2D eigenvalue weighted by Gasteiger charge is 2.26. The van der Waals surface area contributed by atoms with Crippen LogP contribution in [0.2, 0.25) is 0 Å². The van der Waals surface area contributed by atoms with Gasteiger partial charge in [-0.2, -0.15) is 4.98 Å². The zero-order valence-electron chi connectivity index (χ0n) is 16.9. The lowest BCUT2D eigenvalue weighted by Gasteiger charge is -2.35. The second kappa shape index (κ2) is 9.46. The number of rotatable bonds is 6. The second-order valence-electron chi connectivity index (χ2n) is 7.26. The summed E-state index contributed by atoms with van der Waals surface area (Å²) in [6, 6.07) is 9.59. The average molecular weight is 423 g/mol. The van der Waals surface area contributed by atoms with E-state index in [1.807, 2.05) is 6.07 Å². The topological polar surface area (TPSA) is 92.4 Å². The first-order valence-corrected chi connectivity index (χ1v) is 10.2. The third-order valence-corrected chi connectivity index (χ3v) is 5.19. The number of aryl methyl sites for hydroxylation is 1. The Labute approximate surface area is 178 Å². The number of aromatic nitrogens is 3. The molecule has 2 aromatic heterocycles. The van der Waals surface area contributed by atoms with Crippen LogP contribution in [0, 0.1) is 5.82 Å². The largest absolute Gasteiger partial charge is 0.339 e. The molecule has 1 aromatic carbocycles. The van der Waals surface area contributed by atoms with Gasteiger partial charge in [-0.25, -0.2) is 4.39 Å². The number of nitrogens with zero attached hydrogens (tertiary/aromatic N) is 5. The first kappa shape index (κ1) is 20.6. The minimum absolute atomic E-state index is 0.0185. The number of hydrogen-bond acceptors (Lipinski definition) is 6. The number of benzene rings is 1. The Kier molecular flexibility index (Phi) is 6.30. The first-order chi connectivity index (χ1) is 15.1. The zero-order valence-corrected chi connectivity index (χ0v) is 16.9. The number of amides is 2. The van der Waals surface area contributed by atoms with E-state index in [1.165, 1.54) is 12.1 Å². The van der Waals surface area contributed by atoms with Gasteiger partial charge in [0, 0.05) is 57.0 Å². The molecule has 4 rings (SSSR count). The zero-order chi connectivity index (χ0) is 21.6. The summed E-state index contributed by atoms with van der Waals surface area (Å²) >= 11 is 0. The summed E-state index contributed by atoms with van der Waals surface area (Å²) in [6.07, 6.45) is 4.78. The molecular formula is C22H22FN5O3. The molecule has 2 amide bonds. The fourth-order valence-electron chi connectivity index (χ4n) is 3.48. The van der Waals surface area contributed by atoms with E-state index in [9.17, 15) is 14.0 Å². The van der Waals surface area contributed by atoms with Gasteiger partial charge < -0.3 is 14.3 Å². The summed E-state index contributed by atoms with van der Waals surface area (Å²) < 4.78 is 19.1. The van der Waals surface area contributed by atoms with Gasteiger partial charge in [0.25, 0.3) is 5.91 Å². The van der Waals surface area contributed by atoms with Crippen molar-refractivity contribution in [3.8, 4) is 11.4 Å². The molecule has 0 N–H and O–H groups in total. The number of carbonyl (C=O) groups is 2. The van der Waals surface area contributed by atoms with Gasteiger partial charge >= 0.3 is 0 Å². The van der Waals surface area contributed by atoms with Gasteiger partial charge in [0.2, 0.25) is 17.6 Å². The van der Waals surface area contributed by atoms with Crippen LogP contribution < -0.4 is 0 Å². The van der Waals surface area contributed by atoms with Crippen LogP contribution in [0.4, 0.5) is 4.39 Å². The van der Waals surface area contributed by atoms with Gasteiger partial charge in [-0.05, 0) is 30.7 Å². The van der Waals surface area contributed by atoms with Crippen molar-refractivity contribution >= 4 is 11.8 Å². The average Bonchev–Trinajstić information content (AvgIpc) is 3.28. The standard InChI is InChI=1S/C22H22FN5O3/c23-18-7-2-1-6-17(18)22(30)28-13-11-27(12-14-28)20(29)9-3-8-19-25-21(26-31-19)16-5-4-10-24-15-16/h1-2,4-7,10,15H,3,8-9,11-14H2. The Morgan fingerprint density at radius 1 is 1.03 bits per heavy atom. The Balaban J connectivity index is 1.22. The molecule has 9 heteroatoms. The molecule has 1 aliphatic heterocycles. The van der Waals surface area contributed by atoms with Gasteiger partial charge in [0.15, 0.2) is 0 Å². The molecule has 0 radical (unpaired) electrons. The lowest BCUT2D eigenvalue weighted by atomic mass is 10.1. The molecule has 0 saturated carbocycles. The van der Waals surface area contributed by atoms with E-state index in [2.05, 4.69) is 15.1 Å². The molecule has 1 aliphatic rings. The Morgan fingerprint density at radius 2 is 1.81 bits per heavy atom. The Morgan fingerprint density at radius 3 is 2.55 bits per heavy atom. The summed E-state index contributed by atoms with van der Waals surface area (Å²) in [6.45, 7) is 1.64. The molecule has 1 saturated heterocycles. The van der Waals surface area contributed by atoms with E-state index in [0.29, 0.717) is 57.2 Å². The molecule has 0 spiro atoms. The highest BCUT2D eigenvalue weighted by Crippen LogP contribution is 2.16. The third kappa shape index (κ3) is 4.93. The molecule has 31 heavy (non-hydrogen) atoms. The van der Waals surface area contributed by atoms with E-state index < -0.39 is 5.82 Å². The maximum absolute atomic E-state index is 13.8. The van der Waals surface area contributed by atoms with Gasteiger partial charge in [-0.3, -0.25) is 14.6 Å². The summed E-state index contributed by atoms with van der Waals surface area (Å²) in [4.78, 5) is 36.7. The summed E-state index contributed by atoms with van der Waals surface area (Å²) in [5, 5.41) is 3.94. The monoisotopic (exact) mass is 423 g/mol. The molecule has 8 nitrogen and oxygen atoms in total. The molecule has 3 heterocycles. The van der Waals surface area contributed by atoms with Crippen LogP contribution in [0.5, 0.6) is 0 Å². The highest BCUT2D eigenvalue weighted by molar-refractivity contribution is 5.94. The van der Waals surface area contributed by atoms with Crippen molar-refractivity contribution in [1.82, 2.24) is 24.9 Å². The molecule has 1 fully saturated rings. The minimum atomic E-state index is -0.529. The Hall–Kier alpha value is -3.62. The van der Waals surface area contributed by atoms with E-state index in [4.69, 9.17) is 4.52 Å². The second-order valence-corrected chi connectivity index (χ2v) is 7.26. The van der Waals surface area contributed by atoms with Crippen LogP contribution in [0.1, 0.15) is 29.1 Å². The van der Waals surface area contributed by atoms with Crippen LogP contribution in [-0.2, 0) is 11.2 Å². The number of carbonyl (C=O) groups excluding carboxylic acids is 2. The van der Waals surface area contributed by atoms with Crippen molar-refractivity contribution in [2.75, 3.05) is 26.2 Å². The fourth-order valence-corrected chi connectivity index (χ4v) is 3.48. The summed E-state index contributed by atoms with van der Waals surface area (Å²) in [5.41, 5.74) is 0.837. The van der Waals surface area contributed by atoms with Crippen LogP contribution >= 0.6 is 0 Å². The SMILES string of the molecule is O=C(CCCc1nc(-c2cccnc2)no1)N1CCN(C(=O)c2ccccc2F)CC1. The summed E-state index contributed by atoms with van der Waals surface area (Å²) in [7, 11) is 0. The van der Waals surface area contributed by atoms with Gasteiger partial charge in [0.1, 0.15) is 5.82 Å². The van der Waals surface area contributed by atoms with Crippen molar-refractivity contribution in [1.29, 1.82) is 0 Å². The molecule has 160 valence electrons. The maximum Gasteiger partial charge on any atom is 0.256 e. The fraction of sp³-hybridized carbons (Fsp3) is 0.318. The van der Waals surface area contributed by atoms with Gasteiger partial charge in [-0.15, -0.1) is 0 Å². The number of piperazine rings is 1. The number of hydrogen-bond donors (Lipinski definition) is 0. The smallest absolute Gasteiger partial charge is 0.256 e. The van der Waals surface area contributed by atoms with Crippen LogP contribution in [0.3, 0.4) is 0 Å². The number of pyridine rings is 1. The Bertz CT molecular complexity index is 1050. The first-order valence-electron chi connectivity index (χ1n) is 10.2. The highest BCUT2D eigenvalue weighted by atomic mass is 19.1. The van der Waals surface area contributed by atoms with Crippen molar-refractivity contribution in [2.45, 2.75) is 19.3 Å². The van der Waals surface area contributed by atoms with E-state index in [-0.39, 0.29) is 17.4 Å². The van der Waals surface area contributed by atoms with Gasteiger partial charge in [0.05, 0.1) is 5.56 Å². The van der Waals surface area contributed by atoms with Crippen molar-refractivity contribution in [3.05, 3.63) is 66.1 Å². The van der Waals surface area contributed by atoms with Crippen LogP contribution in [0.25, 0.3) is 11.4 Å². The van der Waals surface area contributed by atoms with Gasteiger partial charge in [-0.1, -0.05) is 17.3 Å².